The fourth-order valence-corrected chi connectivity index (χ4v) is 1.68. The lowest BCUT2D eigenvalue weighted by Gasteiger charge is -2.14. The van der Waals surface area contributed by atoms with Gasteiger partial charge in [0.2, 0.25) is 0 Å². The smallest absolute Gasteiger partial charge is 0.00736 e. The number of nitrogens with one attached hydrogen (secondary N) is 2. The molecule has 2 N–H and O–H groups in total. The molecule has 1 rings (SSSR count). The van der Waals surface area contributed by atoms with Crippen molar-refractivity contribution in [2.75, 3.05) is 6.54 Å². The van der Waals surface area contributed by atoms with Crippen LogP contribution >= 0.6 is 0 Å². The standard InChI is InChI=1S/C9H18N2/c1-2-8(7-10)6-9-4-3-5-11-9/h7-11H,2-6H2,1H3. The molecule has 1 aliphatic rings. The third-order valence-corrected chi connectivity index (χ3v) is 2.51. The van der Waals surface area contributed by atoms with Crippen LogP contribution in [-0.4, -0.2) is 18.8 Å². The largest absolute Gasteiger partial charge is 0.314 e. The lowest BCUT2D eigenvalue weighted by atomic mass is 9.98. The fourth-order valence-electron chi connectivity index (χ4n) is 1.68. The molecule has 1 aliphatic heterocycles. The van der Waals surface area contributed by atoms with E-state index in [1.807, 2.05) is 0 Å². The van der Waals surface area contributed by atoms with Crippen molar-refractivity contribution >= 4 is 6.21 Å². The quantitative estimate of drug-likeness (QED) is 0.595. The molecule has 64 valence electrons. The van der Waals surface area contributed by atoms with Gasteiger partial charge in [-0.2, -0.15) is 0 Å². The fraction of sp³-hybridized carbons (Fsp3) is 0.889. The van der Waals surface area contributed by atoms with Gasteiger partial charge in [-0.15, -0.1) is 0 Å². The highest BCUT2D eigenvalue weighted by atomic mass is 14.9. The maximum Gasteiger partial charge on any atom is 0.00736 e. The number of hydrogen-bond acceptors (Lipinski definition) is 2. The molecule has 0 amide bonds. The first-order valence-electron chi connectivity index (χ1n) is 4.60. The average molecular weight is 154 g/mol. The first-order valence-corrected chi connectivity index (χ1v) is 4.60. The minimum Gasteiger partial charge on any atom is -0.314 e. The van der Waals surface area contributed by atoms with Crippen LogP contribution in [0.5, 0.6) is 0 Å². The van der Waals surface area contributed by atoms with E-state index in [9.17, 15) is 0 Å². The van der Waals surface area contributed by atoms with Crippen LogP contribution in [0.3, 0.4) is 0 Å². The van der Waals surface area contributed by atoms with Gasteiger partial charge < -0.3 is 10.7 Å². The Labute approximate surface area is 68.9 Å². The summed E-state index contributed by atoms with van der Waals surface area (Å²) in [4.78, 5) is 0. The number of hydrogen-bond donors (Lipinski definition) is 2. The van der Waals surface area contributed by atoms with E-state index in [-0.39, 0.29) is 0 Å². The lowest BCUT2D eigenvalue weighted by molar-refractivity contribution is 0.483. The third-order valence-electron chi connectivity index (χ3n) is 2.51. The molecule has 2 heteroatoms. The van der Waals surface area contributed by atoms with E-state index in [1.54, 1.807) is 6.21 Å². The van der Waals surface area contributed by atoms with E-state index in [0.717, 1.165) is 6.42 Å². The maximum atomic E-state index is 7.17. The molecule has 0 spiro atoms. The summed E-state index contributed by atoms with van der Waals surface area (Å²) in [6.07, 6.45) is 6.51. The van der Waals surface area contributed by atoms with Gasteiger partial charge in [0.25, 0.3) is 0 Å². The molecule has 11 heavy (non-hydrogen) atoms. The molecular weight excluding hydrogens is 136 g/mol. The van der Waals surface area contributed by atoms with Gasteiger partial charge in [0.1, 0.15) is 0 Å². The molecule has 0 aromatic heterocycles. The Morgan fingerprint density at radius 1 is 1.73 bits per heavy atom. The van der Waals surface area contributed by atoms with Gasteiger partial charge in [-0.1, -0.05) is 6.92 Å². The van der Waals surface area contributed by atoms with E-state index >= 15 is 0 Å². The second kappa shape index (κ2) is 4.50. The van der Waals surface area contributed by atoms with Gasteiger partial charge in [0, 0.05) is 6.04 Å². The molecule has 1 heterocycles. The van der Waals surface area contributed by atoms with Gasteiger partial charge in [0.15, 0.2) is 0 Å². The van der Waals surface area contributed by atoms with Gasteiger partial charge in [-0.05, 0) is 44.4 Å². The van der Waals surface area contributed by atoms with Crippen LogP contribution in [0.4, 0.5) is 0 Å². The first-order chi connectivity index (χ1) is 5.36. The zero-order valence-electron chi connectivity index (χ0n) is 7.27. The molecule has 0 radical (unpaired) electrons. The summed E-state index contributed by atoms with van der Waals surface area (Å²) < 4.78 is 0. The summed E-state index contributed by atoms with van der Waals surface area (Å²) in [5, 5.41) is 10.6. The Morgan fingerprint density at radius 3 is 3.00 bits per heavy atom. The molecular formula is C9H18N2. The van der Waals surface area contributed by atoms with Gasteiger partial charge in [0.05, 0.1) is 0 Å². The van der Waals surface area contributed by atoms with Crippen LogP contribution < -0.4 is 5.32 Å². The zero-order chi connectivity index (χ0) is 8.10. The van der Waals surface area contributed by atoms with Crippen molar-refractivity contribution in [3.05, 3.63) is 0 Å². The molecule has 0 aliphatic carbocycles. The van der Waals surface area contributed by atoms with Crippen LogP contribution in [0.2, 0.25) is 0 Å². The molecule has 2 unspecified atom stereocenters. The van der Waals surface area contributed by atoms with E-state index in [1.165, 1.54) is 25.8 Å². The summed E-state index contributed by atoms with van der Waals surface area (Å²) >= 11 is 0. The Hall–Kier alpha value is -0.370. The molecule has 2 nitrogen and oxygen atoms in total. The highest BCUT2D eigenvalue weighted by Crippen LogP contribution is 2.15. The minimum atomic E-state index is 0.505. The zero-order valence-corrected chi connectivity index (χ0v) is 7.27. The van der Waals surface area contributed by atoms with Crippen molar-refractivity contribution in [2.45, 2.75) is 38.6 Å². The summed E-state index contributed by atoms with van der Waals surface area (Å²) in [6, 6.07) is 0.696. The molecule has 2 atom stereocenters. The molecule has 0 saturated carbocycles. The van der Waals surface area contributed by atoms with Crippen molar-refractivity contribution in [1.82, 2.24) is 5.32 Å². The molecule has 1 fully saturated rings. The predicted octanol–water partition coefficient (Wildman–Crippen LogP) is 1.80. The predicted molar refractivity (Wildman–Crippen MR) is 48.2 cm³/mol. The SMILES string of the molecule is CCC(C=N)CC1CCCN1. The topological polar surface area (TPSA) is 35.9 Å². The summed E-state index contributed by atoms with van der Waals surface area (Å²) in [6.45, 7) is 3.34. The Morgan fingerprint density at radius 2 is 2.55 bits per heavy atom. The van der Waals surface area contributed by atoms with Crippen LogP contribution in [0.15, 0.2) is 0 Å². The van der Waals surface area contributed by atoms with Crippen LogP contribution in [-0.2, 0) is 0 Å². The van der Waals surface area contributed by atoms with Crippen LogP contribution in [0, 0.1) is 11.3 Å². The summed E-state index contributed by atoms with van der Waals surface area (Å²) in [5.41, 5.74) is 0. The second-order valence-corrected chi connectivity index (χ2v) is 3.36. The van der Waals surface area contributed by atoms with E-state index in [4.69, 9.17) is 5.41 Å². The summed E-state index contributed by atoms with van der Waals surface area (Å²) in [7, 11) is 0. The molecule has 0 aromatic carbocycles. The van der Waals surface area contributed by atoms with Crippen molar-refractivity contribution in [1.29, 1.82) is 5.41 Å². The van der Waals surface area contributed by atoms with Crippen molar-refractivity contribution < 1.29 is 0 Å². The Kier molecular flexibility index (Phi) is 3.57. The van der Waals surface area contributed by atoms with E-state index < -0.39 is 0 Å². The van der Waals surface area contributed by atoms with E-state index in [0.29, 0.717) is 12.0 Å². The Bertz CT molecular complexity index is 117. The minimum absolute atomic E-state index is 0.505. The van der Waals surface area contributed by atoms with Crippen molar-refractivity contribution in [2.24, 2.45) is 5.92 Å². The second-order valence-electron chi connectivity index (χ2n) is 3.36. The first kappa shape index (κ1) is 8.72. The molecule has 1 saturated heterocycles. The van der Waals surface area contributed by atoms with Gasteiger partial charge in [-0.25, -0.2) is 0 Å². The van der Waals surface area contributed by atoms with Crippen molar-refractivity contribution in [3.8, 4) is 0 Å². The highest BCUT2D eigenvalue weighted by Gasteiger charge is 2.16. The summed E-state index contributed by atoms with van der Waals surface area (Å²) in [5.74, 6) is 0.505. The van der Waals surface area contributed by atoms with Crippen LogP contribution in [0.1, 0.15) is 32.6 Å². The molecule has 0 aromatic rings. The normalized spacial score (nSPS) is 26.8. The van der Waals surface area contributed by atoms with E-state index in [2.05, 4.69) is 12.2 Å². The lowest BCUT2D eigenvalue weighted by Crippen LogP contribution is -2.24. The highest BCUT2D eigenvalue weighted by molar-refractivity contribution is 5.56. The molecule has 0 bridgehead atoms. The maximum absolute atomic E-state index is 7.17. The average Bonchev–Trinajstić information content (AvgIpc) is 2.52. The van der Waals surface area contributed by atoms with Crippen molar-refractivity contribution in [3.63, 3.8) is 0 Å². The third kappa shape index (κ3) is 2.62. The van der Waals surface area contributed by atoms with Gasteiger partial charge in [-0.3, -0.25) is 0 Å². The van der Waals surface area contributed by atoms with Gasteiger partial charge >= 0.3 is 0 Å². The van der Waals surface area contributed by atoms with Crippen LogP contribution in [0.25, 0.3) is 0 Å². The Balaban J connectivity index is 2.21. The monoisotopic (exact) mass is 154 g/mol. The number of rotatable bonds is 4.